The number of ether oxygens (including phenoxy) is 1. The van der Waals surface area contributed by atoms with Crippen LogP contribution in [0.3, 0.4) is 0 Å². The summed E-state index contributed by atoms with van der Waals surface area (Å²) in [5, 5.41) is 15.7. The number of nitrogen functional groups attached to an aromatic ring is 1. The Morgan fingerprint density at radius 3 is 2.38 bits per heavy atom. The lowest BCUT2D eigenvalue weighted by molar-refractivity contribution is -0.117. The molecule has 11 heteroatoms. The third-order valence-corrected chi connectivity index (χ3v) is 6.62. The van der Waals surface area contributed by atoms with Crippen LogP contribution in [0.5, 0.6) is 11.5 Å². The second-order valence-corrected chi connectivity index (χ2v) is 11.3. The normalized spacial score (nSPS) is 12.2. The van der Waals surface area contributed by atoms with Crippen LogP contribution in [-0.2, 0) is 11.3 Å². The summed E-state index contributed by atoms with van der Waals surface area (Å²) in [5.74, 6) is 1.00. The number of anilines is 1. The van der Waals surface area contributed by atoms with Crippen molar-refractivity contribution in [3.8, 4) is 23.3 Å². The molecule has 4 N–H and O–H groups in total. The predicted molar refractivity (Wildman–Crippen MR) is 162 cm³/mol. The Labute approximate surface area is 244 Å². The van der Waals surface area contributed by atoms with Crippen LogP contribution in [0.4, 0.5) is 5.82 Å². The summed E-state index contributed by atoms with van der Waals surface area (Å²) in [6.45, 7) is 10.7. The third-order valence-electron chi connectivity index (χ3n) is 6.62. The summed E-state index contributed by atoms with van der Waals surface area (Å²) < 4.78 is 8.90. The third kappa shape index (κ3) is 6.85. The van der Waals surface area contributed by atoms with Gasteiger partial charge in [0, 0.05) is 24.0 Å². The van der Waals surface area contributed by atoms with E-state index in [4.69, 9.17) is 10.5 Å². The summed E-state index contributed by atoms with van der Waals surface area (Å²) in [6, 6.07) is 18.5. The second-order valence-electron chi connectivity index (χ2n) is 11.3. The number of rotatable bonds is 11. The van der Waals surface area contributed by atoms with Crippen LogP contribution in [0.1, 0.15) is 34.6 Å². The van der Waals surface area contributed by atoms with Gasteiger partial charge >= 0.3 is 5.69 Å². The summed E-state index contributed by atoms with van der Waals surface area (Å²) >= 11 is 0. The maximum atomic E-state index is 13.8. The molecule has 0 saturated heterocycles. The average Bonchev–Trinajstić information content (AvgIpc) is 3.23. The lowest BCUT2D eigenvalue weighted by atomic mass is 9.93. The van der Waals surface area contributed by atoms with Gasteiger partial charge in [-0.25, -0.2) is 14.8 Å². The molecular formula is C31H36N8O3. The van der Waals surface area contributed by atoms with Crippen LogP contribution in [0.2, 0.25) is 0 Å². The second kappa shape index (κ2) is 12.3. The van der Waals surface area contributed by atoms with Crippen LogP contribution in [0.15, 0.2) is 77.4 Å². The number of imidazole rings is 1. The van der Waals surface area contributed by atoms with Crippen LogP contribution < -0.4 is 26.8 Å². The zero-order valence-corrected chi connectivity index (χ0v) is 24.5. The monoisotopic (exact) mass is 568 g/mol. The van der Waals surface area contributed by atoms with Crippen molar-refractivity contribution in [2.75, 3.05) is 18.8 Å². The number of nitriles is 1. The van der Waals surface area contributed by atoms with Gasteiger partial charge in [-0.05, 0) is 62.9 Å². The quantitative estimate of drug-likeness (QED) is 0.182. The molecule has 0 bridgehead atoms. The first kappa shape index (κ1) is 30.0. The van der Waals surface area contributed by atoms with E-state index in [2.05, 4.69) is 20.6 Å². The average molecular weight is 569 g/mol. The molecule has 0 radical (unpaired) electrons. The van der Waals surface area contributed by atoms with Gasteiger partial charge < -0.3 is 21.1 Å². The summed E-state index contributed by atoms with van der Waals surface area (Å²) in [7, 11) is 0. The topological polar surface area (TPSA) is 153 Å². The predicted octanol–water partition coefficient (Wildman–Crippen LogP) is 3.94. The Bertz CT molecular complexity index is 1690. The van der Waals surface area contributed by atoms with Gasteiger partial charge in [-0.1, -0.05) is 39.0 Å². The lowest BCUT2D eigenvalue weighted by Crippen LogP contribution is -2.41. The number of nitrogens with one attached hydrogen (secondary N) is 2. The van der Waals surface area contributed by atoms with Crippen LogP contribution in [0, 0.1) is 16.7 Å². The number of hydrogen-bond donors (Lipinski definition) is 3. The highest BCUT2D eigenvalue weighted by molar-refractivity contribution is 5.97. The first-order valence-corrected chi connectivity index (χ1v) is 13.7. The van der Waals surface area contributed by atoms with E-state index in [9.17, 15) is 14.9 Å². The van der Waals surface area contributed by atoms with Gasteiger partial charge in [-0.3, -0.25) is 13.9 Å². The Morgan fingerprint density at radius 1 is 1.07 bits per heavy atom. The van der Waals surface area contributed by atoms with Crippen molar-refractivity contribution in [3.63, 3.8) is 0 Å². The van der Waals surface area contributed by atoms with Crippen molar-refractivity contribution in [1.29, 1.82) is 5.26 Å². The van der Waals surface area contributed by atoms with Gasteiger partial charge in [0.05, 0.1) is 5.69 Å². The Balaban J connectivity index is 1.60. The molecule has 4 rings (SSSR count). The maximum Gasteiger partial charge on any atom is 0.335 e. The van der Waals surface area contributed by atoms with Gasteiger partial charge in [0.1, 0.15) is 35.0 Å². The van der Waals surface area contributed by atoms with Crippen LogP contribution >= 0.6 is 0 Å². The summed E-state index contributed by atoms with van der Waals surface area (Å²) in [4.78, 5) is 35.2. The molecule has 0 spiro atoms. The van der Waals surface area contributed by atoms with E-state index in [1.54, 1.807) is 30.3 Å². The van der Waals surface area contributed by atoms with Crippen molar-refractivity contribution in [3.05, 3.63) is 83.1 Å². The smallest absolute Gasteiger partial charge is 0.335 e. The molecule has 2 aromatic heterocycles. The number of amides is 1. The Kier molecular flexibility index (Phi) is 8.78. The van der Waals surface area contributed by atoms with E-state index in [0.717, 1.165) is 0 Å². The van der Waals surface area contributed by atoms with Crippen molar-refractivity contribution < 1.29 is 9.53 Å². The van der Waals surface area contributed by atoms with Crippen LogP contribution in [0.25, 0.3) is 16.9 Å². The Hall–Kier alpha value is -4.95. The van der Waals surface area contributed by atoms with Gasteiger partial charge in [-0.15, -0.1) is 0 Å². The minimum absolute atomic E-state index is 0.0192. The highest BCUT2D eigenvalue weighted by Crippen LogP contribution is 2.26. The van der Waals surface area contributed by atoms with E-state index in [1.165, 1.54) is 15.5 Å². The molecule has 0 aliphatic heterocycles. The van der Waals surface area contributed by atoms with Gasteiger partial charge in [0.15, 0.2) is 11.5 Å². The number of carbonyl (C=O) groups is 1. The highest BCUT2D eigenvalue weighted by atomic mass is 16.5. The van der Waals surface area contributed by atoms with E-state index in [0.29, 0.717) is 34.9 Å². The zero-order valence-electron chi connectivity index (χ0n) is 24.5. The molecule has 218 valence electrons. The maximum absolute atomic E-state index is 13.8. The van der Waals surface area contributed by atoms with Gasteiger partial charge in [0.2, 0.25) is 0 Å². The van der Waals surface area contributed by atoms with Crippen molar-refractivity contribution in [1.82, 2.24) is 29.7 Å². The number of benzene rings is 2. The fourth-order valence-corrected chi connectivity index (χ4v) is 4.69. The largest absolute Gasteiger partial charge is 0.457 e. The first-order valence-electron chi connectivity index (χ1n) is 13.7. The fraction of sp³-hybridized carbons (Fsp3) is 0.323. The molecule has 2 aromatic carbocycles. The van der Waals surface area contributed by atoms with Crippen molar-refractivity contribution >= 4 is 22.9 Å². The molecule has 0 aliphatic carbocycles. The zero-order chi connectivity index (χ0) is 30.5. The SMILES string of the molecule is CCNC(C)(C)/C=C(\C#N)C(=O)NCC(C)(C)Cn1c(=O)n(-c2ccc(Oc3ccccc3)cc2)c2c(N)ncnc21. The molecule has 11 nitrogen and oxygen atoms in total. The molecule has 4 aromatic rings. The van der Waals surface area contributed by atoms with Crippen molar-refractivity contribution in [2.24, 2.45) is 5.41 Å². The number of nitrogens with two attached hydrogens (primary N) is 1. The number of aromatic nitrogens is 4. The highest BCUT2D eigenvalue weighted by Gasteiger charge is 2.27. The Morgan fingerprint density at radius 2 is 1.74 bits per heavy atom. The molecule has 0 saturated carbocycles. The molecule has 0 atom stereocenters. The summed E-state index contributed by atoms with van der Waals surface area (Å²) in [6.07, 6.45) is 2.94. The minimum Gasteiger partial charge on any atom is -0.457 e. The van der Waals surface area contributed by atoms with Gasteiger partial charge in [0.25, 0.3) is 5.91 Å². The number of carbonyl (C=O) groups excluding carboxylic acids is 1. The van der Waals surface area contributed by atoms with E-state index in [-0.39, 0.29) is 30.2 Å². The molecule has 1 amide bonds. The molecule has 0 fully saturated rings. The number of fused-ring (bicyclic) bond motifs is 1. The number of likely N-dealkylation sites (N-methyl/N-ethyl adjacent to an activating group) is 1. The molecule has 42 heavy (non-hydrogen) atoms. The van der Waals surface area contributed by atoms with Crippen LogP contribution in [-0.4, -0.2) is 43.6 Å². The van der Waals surface area contributed by atoms with E-state index < -0.39 is 16.9 Å². The minimum atomic E-state index is -0.594. The standard InChI is InChI=1S/C31H36N8O3/c1-6-37-31(4,5)16-21(17-32)28(40)34-18-30(2,3)19-38-27-25(26(33)35-20-36-27)39(29(38)41)22-12-14-24(15-13-22)42-23-10-8-7-9-11-23/h7-16,20,37H,6,18-19H2,1-5H3,(H,34,40)(H2,33,35,36)/b21-16+. The number of hydrogen-bond acceptors (Lipinski definition) is 8. The first-order chi connectivity index (χ1) is 19.9. The van der Waals surface area contributed by atoms with Crippen molar-refractivity contribution in [2.45, 2.75) is 46.7 Å². The number of para-hydroxylation sites is 1. The van der Waals surface area contributed by atoms with Gasteiger partial charge in [-0.2, -0.15) is 5.26 Å². The lowest BCUT2D eigenvalue weighted by Gasteiger charge is -2.26. The molecule has 0 aliphatic rings. The molecule has 0 unspecified atom stereocenters. The van der Waals surface area contributed by atoms with E-state index in [1.807, 2.05) is 71.0 Å². The number of nitrogens with zero attached hydrogens (tertiary/aromatic N) is 5. The molecule has 2 heterocycles. The van der Waals surface area contributed by atoms with E-state index >= 15 is 0 Å². The summed E-state index contributed by atoms with van der Waals surface area (Å²) in [5.41, 5.74) is 6.14. The molecular weight excluding hydrogens is 532 g/mol. The fourth-order valence-electron chi connectivity index (χ4n) is 4.69.